The number of imidazole rings is 1. The summed E-state index contributed by atoms with van der Waals surface area (Å²) >= 11 is 1.54. The second kappa shape index (κ2) is 25.4. The van der Waals surface area contributed by atoms with Gasteiger partial charge < -0.3 is 50.1 Å². The molecule has 0 spiro atoms. The smallest absolute Gasteiger partial charge is 0.434 e. The zero-order chi connectivity index (χ0) is 61.1. The molecule has 3 aliphatic heterocycles. The molecule has 452 valence electrons. The Morgan fingerprint density at radius 1 is 0.882 bits per heavy atom. The number of aromatic hydroxyl groups is 1. The van der Waals surface area contributed by atoms with Gasteiger partial charge in [-0.15, -0.1) is 11.3 Å². The molecule has 0 radical (unpaired) electrons. The number of aliphatic hydroxyl groups is 1. The van der Waals surface area contributed by atoms with Gasteiger partial charge in [0.25, 0.3) is 0 Å². The molecule has 5 heterocycles. The van der Waals surface area contributed by atoms with Crippen molar-refractivity contribution in [3.05, 3.63) is 147 Å². The minimum Gasteiger partial charge on any atom is -0.508 e. The first-order chi connectivity index (χ1) is 40.3. The highest BCUT2D eigenvalue weighted by Gasteiger charge is 2.55. The Labute approximate surface area is 493 Å². The van der Waals surface area contributed by atoms with Crippen molar-refractivity contribution in [2.24, 2.45) is 12.5 Å². The van der Waals surface area contributed by atoms with Crippen LogP contribution in [0.25, 0.3) is 21.6 Å². The first kappa shape index (κ1) is 61.7. The number of thiazole rings is 1. The second-order valence-corrected chi connectivity index (χ2v) is 25.5. The number of aliphatic hydroxyl groups excluding tert-OH is 1. The van der Waals surface area contributed by atoms with Crippen LogP contribution in [0, 0.1) is 22.5 Å². The summed E-state index contributed by atoms with van der Waals surface area (Å²) in [6, 6.07) is 23.5. The van der Waals surface area contributed by atoms with Gasteiger partial charge in [0, 0.05) is 19.4 Å². The number of unbranched alkanes of at least 4 members (excludes halogenated alkanes) is 2. The lowest BCUT2D eigenvalue weighted by molar-refractivity contribution is -0.396. The highest BCUT2D eigenvalue weighted by Crippen LogP contribution is 2.52. The van der Waals surface area contributed by atoms with Crippen LogP contribution >= 0.6 is 11.3 Å². The number of nitrogens with one attached hydrogen (secondary N) is 2. The van der Waals surface area contributed by atoms with Gasteiger partial charge >= 0.3 is 12.1 Å². The Morgan fingerprint density at radius 3 is 2.14 bits per heavy atom. The van der Waals surface area contributed by atoms with Gasteiger partial charge in [-0.05, 0) is 132 Å². The van der Waals surface area contributed by atoms with E-state index in [1.165, 1.54) is 59.1 Å². The molecule has 0 saturated carbocycles. The fraction of sp³-hybridized carbons (Fsp3) is 0.417. The van der Waals surface area contributed by atoms with Gasteiger partial charge in [0.2, 0.25) is 27.7 Å². The number of rotatable bonds is 23. The molecule has 4 aromatic carbocycles. The molecule has 6 aromatic rings. The molecule has 20 nitrogen and oxygen atoms in total. The number of ether oxygens (including phenoxy) is 3. The van der Waals surface area contributed by atoms with E-state index < -0.39 is 86.6 Å². The molecule has 4 N–H and O–H groups in total. The maximum atomic E-state index is 14.7. The first-order valence-corrected chi connectivity index (χ1v) is 30.1. The lowest BCUT2D eigenvalue weighted by Gasteiger charge is -2.35. The molecular weight excluding hydrogens is 1150 g/mol. The molecule has 2 fully saturated rings. The number of aromatic nitrogens is 3. The van der Waals surface area contributed by atoms with Gasteiger partial charge in [-0.3, -0.25) is 18.7 Å². The number of hydrogen-bond acceptors (Lipinski definition) is 15. The van der Waals surface area contributed by atoms with E-state index in [0.29, 0.717) is 57.3 Å². The average Bonchev–Trinajstić information content (AvgIpc) is 3.21. The minimum absolute atomic E-state index is 0.0118. The van der Waals surface area contributed by atoms with E-state index in [0.717, 1.165) is 21.7 Å². The highest BCUT2D eigenvalue weighted by atomic mass is 32.2. The summed E-state index contributed by atoms with van der Waals surface area (Å²) < 4.78 is 92.4. The Balaban J connectivity index is 0.789. The number of β-amino-alcohol motifs (C(OH)–C–C–N with tert-alkyl or cyclic N) is 1. The van der Waals surface area contributed by atoms with Gasteiger partial charge in [0.15, 0.2) is 5.69 Å². The quantitative estimate of drug-likeness (QED) is 0.0265. The zero-order valence-electron chi connectivity index (χ0n) is 47.6. The fourth-order valence-corrected chi connectivity index (χ4v) is 13.8. The van der Waals surface area contributed by atoms with Gasteiger partial charge in [0.1, 0.15) is 60.0 Å². The van der Waals surface area contributed by atoms with Gasteiger partial charge in [-0.25, -0.2) is 18.0 Å². The third-order valence-corrected chi connectivity index (χ3v) is 18.6. The number of halogens is 3. The van der Waals surface area contributed by atoms with Crippen molar-refractivity contribution in [2.45, 2.75) is 128 Å². The molecule has 3 aliphatic rings. The van der Waals surface area contributed by atoms with Crippen molar-refractivity contribution in [2.75, 3.05) is 24.0 Å². The molecule has 2 bridgehead atoms. The second-order valence-electron chi connectivity index (χ2n) is 22.6. The first-order valence-electron chi connectivity index (χ1n) is 27.7. The monoisotopic (exact) mass is 1210 g/mol. The normalized spacial score (nSPS) is 19.4. The average molecular weight is 1210 g/mol. The van der Waals surface area contributed by atoms with Crippen LogP contribution in [-0.4, -0.2) is 122 Å². The Morgan fingerprint density at radius 2 is 1.52 bits per heavy atom. The topological polar surface area (TPSA) is 258 Å². The Kier molecular flexibility index (Phi) is 18.4. The summed E-state index contributed by atoms with van der Waals surface area (Å²) in [6.45, 7) is 7.41. The lowest BCUT2D eigenvalue weighted by atomic mass is 9.83. The molecular formula is C60H67F3N8O12S2. The predicted octanol–water partition coefficient (Wildman–Crippen LogP) is 9.20. The number of sulfonamides is 1. The summed E-state index contributed by atoms with van der Waals surface area (Å²) in [4.78, 5) is 62.5. The number of nitro groups is 1. The number of anilines is 1. The molecule has 3 amide bonds. The van der Waals surface area contributed by atoms with Crippen molar-refractivity contribution in [3.63, 3.8) is 0 Å². The van der Waals surface area contributed by atoms with E-state index >= 15 is 0 Å². The van der Waals surface area contributed by atoms with Crippen molar-refractivity contribution in [1.29, 1.82) is 0 Å². The number of phenols is 1. The molecule has 25 heteroatoms. The molecule has 2 saturated heterocycles. The van der Waals surface area contributed by atoms with Crippen molar-refractivity contribution in [3.8, 4) is 27.7 Å². The number of nitrogens with zero attached hydrogens (tertiary/aromatic N) is 6. The SMILES string of the molecule is Cc1ncsc1-c1ccc([C@H](C)NC(=O)[C@@H]2C[C@@H](O)CN2C(=O)[C@@H](NC(=O)CCCCCOc2ccc(N(CC(F)(F)F)S(=O)(=O)C3C[C@H]4O[C@@H]3C(c3ccc(OCc5cnc([N+](=O)[O-])n5C)cc3)=C4c3ccc(O)cc3)cc2)C(C)(C)C)cc1. The van der Waals surface area contributed by atoms with E-state index in [1.54, 1.807) is 74.0 Å². The van der Waals surface area contributed by atoms with E-state index in [2.05, 4.69) is 20.6 Å². The Hall–Kier alpha value is -7.87. The maximum Gasteiger partial charge on any atom is 0.434 e. The zero-order valence-corrected chi connectivity index (χ0v) is 49.2. The van der Waals surface area contributed by atoms with Crippen LogP contribution in [-0.2, 0) is 42.8 Å². The molecule has 9 rings (SSSR count). The van der Waals surface area contributed by atoms with Crippen molar-refractivity contribution < 1.29 is 65.3 Å². The van der Waals surface area contributed by atoms with Crippen LogP contribution < -0.4 is 24.4 Å². The number of benzene rings is 4. The van der Waals surface area contributed by atoms with E-state index in [9.17, 15) is 56.3 Å². The number of likely N-dealkylation sites (tertiary alicyclic amines) is 1. The molecule has 0 aliphatic carbocycles. The lowest BCUT2D eigenvalue weighted by Crippen LogP contribution is -2.57. The van der Waals surface area contributed by atoms with Crippen LogP contribution in [0.15, 0.2) is 109 Å². The van der Waals surface area contributed by atoms with Crippen LogP contribution in [0.4, 0.5) is 24.8 Å². The number of aryl methyl sites for hydroxylation is 1. The number of carbonyl (C=O) groups excluding carboxylic acids is 3. The Bertz CT molecular complexity index is 3540. The number of amides is 3. The fourth-order valence-electron chi connectivity index (χ4n) is 11.0. The number of hydrogen-bond donors (Lipinski definition) is 4. The van der Waals surface area contributed by atoms with Crippen LogP contribution in [0.3, 0.4) is 0 Å². The van der Waals surface area contributed by atoms with Crippen LogP contribution in [0.2, 0.25) is 0 Å². The number of carbonyl (C=O) groups is 3. The number of alkyl halides is 3. The standard InChI is InChI=1S/C60H67F3N8O12S2/c1-35(37-11-13-40(14-12-37)54-36(2)65-34-84-54)66-56(75)47-28-44(73)31-69(47)57(76)55(59(3,4)5)67-50(74)10-8-7-9-27-81-45-25-19-41(20-26-45)70(33-60(61,62)63)85(79,80)49-29-48-51(38-15-21-43(72)22-16-38)52(53(49)83-48)39-17-23-46(24-18-39)82-32-42-30-64-58(68(42)6)71(77)78/h11-26,30,34-35,44,47-49,53,55,72-73H,7-10,27-29,31-33H2,1-6H3,(H,66,75)(H,67,74)/t35-,44+,47-,48+,49?,53-,55+/m0/s1. The summed E-state index contributed by atoms with van der Waals surface area (Å²) in [7, 11) is -3.33. The molecule has 1 unspecified atom stereocenters. The molecule has 2 aromatic heterocycles. The van der Waals surface area contributed by atoms with Gasteiger partial charge in [-0.2, -0.15) is 13.2 Å². The molecule has 85 heavy (non-hydrogen) atoms. The maximum absolute atomic E-state index is 14.7. The van der Waals surface area contributed by atoms with Crippen LogP contribution in [0.5, 0.6) is 17.2 Å². The highest BCUT2D eigenvalue weighted by molar-refractivity contribution is 7.93. The largest absolute Gasteiger partial charge is 0.508 e. The summed E-state index contributed by atoms with van der Waals surface area (Å²) in [5, 5.41) is 36.5. The number of phenolic OH excluding ortho intramolecular Hbond substituents is 1. The van der Waals surface area contributed by atoms with E-state index in [1.807, 2.05) is 38.1 Å². The van der Waals surface area contributed by atoms with E-state index in [4.69, 9.17) is 14.2 Å². The predicted molar refractivity (Wildman–Crippen MR) is 312 cm³/mol. The van der Waals surface area contributed by atoms with E-state index in [-0.39, 0.29) is 68.1 Å². The summed E-state index contributed by atoms with van der Waals surface area (Å²) in [6.07, 6.45) is -5.22. The van der Waals surface area contributed by atoms with Crippen LogP contribution in [0.1, 0.15) is 100 Å². The van der Waals surface area contributed by atoms with Crippen molar-refractivity contribution >= 4 is 61.9 Å². The third kappa shape index (κ3) is 14.1. The minimum atomic E-state index is -4.94. The summed E-state index contributed by atoms with van der Waals surface area (Å²) in [5.41, 5.74) is 6.19. The van der Waals surface area contributed by atoms with Gasteiger partial charge in [-0.1, -0.05) is 74.3 Å². The van der Waals surface area contributed by atoms with Crippen molar-refractivity contribution in [1.82, 2.24) is 30.1 Å². The van der Waals surface area contributed by atoms with Gasteiger partial charge in [0.05, 0.1) is 53.7 Å². The number of fused-ring (bicyclic) bond motifs is 2. The third-order valence-electron chi connectivity index (χ3n) is 15.5. The molecule has 7 atom stereocenters. The summed E-state index contributed by atoms with van der Waals surface area (Å²) in [5.74, 6) is -1.02.